The smallest absolute Gasteiger partial charge is 0.112 e. The van der Waals surface area contributed by atoms with Crippen molar-refractivity contribution in [3.05, 3.63) is 39.3 Å². The Hall–Kier alpha value is -1.09. The van der Waals surface area contributed by atoms with E-state index in [9.17, 15) is 0 Å². The van der Waals surface area contributed by atoms with Gasteiger partial charge < -0.3 is 4.57 Å². The molecule has 0 unspecified atom stereocenters. The summed E-state index contributed by atoms with van der Waals surface area (Å²) in [6.07, 6.45) is 0. The second-order valence-electron chi connectivity index (χ2n) is 4.63. The summed E-state index contributed by atoms with van der Waals surface area (Å²) in [5.74, 6) is 1.02. The van der Waals surface area contributed by atoms with Gasteiger partial charge in [-0.3, -0.25) is 0 Å². The molecule has 1 heterocycles. The first kappa shape index (κ1) is 12.4. The maximum atomic E-state index is 4.65. The zero-order valence-electron chi connectivity index (χ0n) is 10.9. The summed E-state index contributed by atoms with van der Waals surface area (Å²) >= 11 is 3.63. The zero-order valence-corrected chi connectivity index (χ0v) is 12.5. The first-order valence-corrected chi connectivity index (χ1v) is 6.48. The van der Waals surface area contributed by atoms with Gasteiger partial charge in [0, 0.05) is 12.6 Å². The summed E-state index contributed by atoms with van der Waals surface area (Å²) in [6, 6.07) is 4.41. The first-order valence-electron chi connectivity index (χ1n) is 5.69. The molecule has 0 aliphatic rings. The predicted molar refractivity (Wildman–Crippen MR) is 75.3 cm³/mol. The minimum Gasteiger partial charge on any atom is -0.326 e. The van der Waals surface area contributed by atoms with Crippen molar-refractivity contribution in [2.24, 2.45) is 7.05 Å². The SMILES string of the molecule is Cc1cc(C)c(-c2nc(C)n(C)c2Br)c(C)c1. The quantitative estimate of drug-likeness (QED) is 0.774. The summed E-state index contributed by atoms with van der Waals surface area (Å²) in [5.41, 5.74) is 6.14. The van der Waals surface area contributed by atoms with Crippen LogP contribution in [0.3, 0.4) is 0 Å². The van der Waals surface area contributed by atoms with Crippen LogP contribution in [0.4, 0.5) is 0 Å². The molecule has 1 aromatic carbocycles. The molecule has 3 heteroatoms. The number of hydrogen-bond acceptors (Lipinski definition) is 1. The Morgan fingerprint density at radius 2 is 1.59 bits per heavy atom. The molecule has 90 valence electrons. The van der Waals surface area contributed by atoms with Crippen LogP contribution < -0.4 is 0 Å². The van der Waals surface area contributed by atoms with Gasteiger partial charge in [0.05, 0.1) is 0 Å². The fraction of sp³-hybridized carbons (Fsp3) is 0.357. The minimum absolute atomic E-state index is 1.02. The van der Waals surface area contributed by atoms with Crippen molar-refractivity contribution in [2.75, 3.05) is 0 Å². The van der Waals surface area contributed by atoms with E-state index >= 15 is 0 Å². The van der Waals surface area contributed by atoms with Crippen LogP contribution in [0.1, 0.15) is 22.5 Å². The Kier molecular flexibility index (Phi) is 3.13. The Labute approximate surface area is 111 Å². The summed E-state index contributed by atoms with van der Waals surface area (Å²) in [5, 5.41) is 0. The standard InChI is InChI=1S/C14H17BrN2/c1-8-6-9(2)12(10(3)7-8)13-14(15)17(5)11(4)16-13/h6-7H,1-5H3. The van der Waals surface area contributed by atoms with Gasteiger partial charge in [-0.25, -0.2) is 4.98 Å². The molecular formula is C14H17BrN2. The molecule has 0 N–H and O–H groups in total. The second-order valence-corrected chi connectivity index (χ2v) is 5.38. The molecule has 0 spiro atoms. The molecule has 0 saturated carbocycles. The molecule has 0 amide bonds. The number of aryl methyl sites for hydroxylation is 4. The zero-order chi connectivity index (χ0) is 12.7. The Morgan fingerprint density at radius 1 is 1.06 bits per heavy atom. The molecule has 0 saturated heterocycles. The largest absolute Gasteiger partial charge is 0.326 e. The van der Waals surface area contributed by atoms with Gasteiger partial charge in [0.15, 0.2) is 0 Å². The van der Waals surface area contributed by atoms with E-state index in [1.807, 2.05) is 14.0 Å². The maximum absolute atomic E-state index is 4.65. The highest BCUT2D eigenvalue weighted by molar-refractivity contribution is 9.10. The predicted octanol–water partition coefficient (Wildman–Crippen LogP) is 4.08. The van der Waals surface area contributed by atoms with Gasteiger partial charge in [-0.2, -0.15) is 0 Å². The van der Waals surface area contributed by atoms with Crippen LogP contribution in [0.2, 0.25) is 0 Å². The lowest BCUT2D eigenvalue weighted by atomic mass is 9.98. The summed E-state index contributed by atoms with van der Waals surface area (Å²) < 4.78 is 3.11. The Morgan fingerprint density at radius 3 is 2.00 bits per heavy atom. The van der Waals surface area contributed by atoms with Crippen LogP contribution in [0.5, 0.6) is 0 Å². The molecule has 0 radical (unpaired) electrons. The molecule has 0 aliphatic carbocycles. The first-order chi connectivity index (χ1) is 7.91. The molecule has 0 bridgehead atoms. The van der Waals surface area contributed by atoms with Gasteiger partial charge in [-0.05, 0) is 54.8 Å². The molecule has 2 nitrogen and oxygen atoms in total. The van der Waals surface area contributed by atoms with Crippen LogP contribution >= 0.6 is 15.9 Å². The van der Waals surface area contributed by atoms with E-state index in [-0.39, 0.29) is 0 Å². The second kappa shape index (κ2) is 4.30. The molecule has 2 aromatic rings. The van der Waals surface area contributed by atoms with Crippen molar-refractivity contribution >= 4 is 15.9 Å². The van der Waals surface area contributed by atoms with Crippen molar-refractivity contribution in [3.8, 4) is 11.3 Å². The number of imidazole rings is 1. The van der Waals surface area contributed by atoms with Gasteiger partial charge in [0.2, 0.25) is 0 Å². The van der Waals surface area contributed by atoms with E-state index in [0.29, 0.717) is 0 Å². The monoisotopic (exact) mass is 292 g/mol. The van der Waals surface area contributed by atoms with E-state index in [4.69, 9.17) is 0 Å². The summed E-state index contributed by atoms with van der Waals surface area (Å²) in [6.45, 7) is 8.44. The molecule has 0 fully saturated rings. The van der Waals surface area contributed by atoms with E-state index < -0.39 is 0 Å². The molecular weight excluding hydrogens is 276 g/mol. The maximum Gasteiger partial charge on any atom is 0.112 e. The van der Waals surface area contributed by atoms with E-state index in [2.05, 4.69) is 58.4 Å². The van der Waals surface area contributed by atoms with Gasteiger partial charge in [-0.15, -0.1) is 0 Å². The van der Waals surface area contributed by atoms with Crippen molar-refractivity contribution in [1.29, 1.82) is 0 Å². The summed E-state index contributed by atoms with van der Waals surface area (Å²) in [7, 11) is 2.02. The average molecular weight is 293 g/mol. The van der Waals surface area contributed by atoms with Crippen molar-refractivity contribution in [3.63, 3.8) is 0 Å². The van der Waals surface area contributed by atoms with Crippen LogP contribution in [0.25, 0.3) is 11.3 Å². The van der Waals surface area contributed by atoms with Crippen LogP contribution in [-0.2, 0) is 7.05 Å². The summed E-state index contributed by atoms with van der Waals surface area (Å²) in [4.78, 5) is 4.65. The number of aromatic nitrogens is 2. The van der Waals surface area contributed by atoms with E-state index in [0.717, 1.165) is 16.1 Å². The van der Waals surface area contributed by atoms with E-state index in [1.54, 1.807) is 0 Å². The lowest BCUT2D eigenvalue weighted by molar-refractivity contribution is 0.840. The lowest BCUT2D eigenvalue weighted by Gasteiger charge is -2.09. The minimum atomic E-state index is 1.02. The van der Waals surface area contributed by atoms with Gasteiger partial charge in [0.25, 0.3) is 0 Å². The topological polar surface area (TPSA) is 17.8 Å². The molecule has 2 rings (SSSR count). The van der Waals surface area contributed by atoms with Gasteiger partial charge >= 0.3 is 0 Å². The van der Waals surface area contributed by atoms with Crippen LogP contribution in [0, 0.1) is 27.7 Å². The number of benzene rings is 1. The third-order valence-corrected chi connectivity index (χ3v) is 4.07. The lowest BCUT2D eigenvalue weighted by Crippen LogP contribution is -1.92. The Bertz CT molecular complexity index is 559. The number of rotatable bonds is 1. The number of hydrogen-bond donors (Lipinski definition) is 0. The highest BCUT2D eigenvalue weighted by atomic mass is 79.9. The fourth-order valence-corrected chi connectivity index (χ4v) is 2.84. The molecule has 0 aliphatic heterocycles. The highest BCUT2D eigenvalue weighted by Crippen LogP contribution is 2.33. The fourth-order valence-electron chi connectivity index (χ4n) is 2.30. The molecule has 17 heavy (non-hydrogen) atoms. The van der Waals surface area contributed by atoms with Crippen LogP contribution in [0.15, 0.2) is 16.7 Å². The van der Waals surface area contributed by atoms with Crippen LogP contribution in [-0.4, -0.2) is 9.55 Å². The molecule has 1 aromatic heterocycles. The van der Waals surface area contributed by atoms with Crippen molar-refractivity contribution in [2.45, 2.75) is 27.7 Å². The number of halogens is 1. The average Bonchev–Trinajstić information content (AvgIpc) is 2.45. The number of nitrogens with zero attached hydrogens (tertiary/aromatic N) is 2. The molecule has 0 atom stereocenters. The van der Waals surface area contributed by atoms with E-state index in [1.165, 1.54) is 22.3 Å². The van der Waals surface area contributed by atoms with Gasteiger partial charge in [0.1, 0.15) is 16.1 Å². The highest BCUT2D eigenvalue weighted by Gasteiger charge is 2.15. The third kappa shape index (κ3) is 2.04. The van der Waals surface area contributed by atoms with Crippen molar-refractivity contribution in [1.82, 2.24) is 9.55 Å². The third-order valence-electron chi connectivity index (χ3n) is 3.16. The van der Waals surface area contributed by atoms with Gasteiger partial charge in [-0.1, -0.05) is 17.7 Å². The normalized spacial score (nSPS) is 10.9. The van der Waals surface area contributed by atoms with Crippen molar-refractivity contribution < 1.29 is 0 Å². The Balaban J connectivity index is 2.73.